The Morgan fingerprint density at radius 3 is 2.31 bits per heavy atom. The summed E-state index contributed by atoms with van der Waals surface area (Å²) < 4.78 is 11.4. The predicted molar refractivity (Wildman–Crippen MR) is 150 cm³/mol. The number of Topliss-reactive ketones (excluding diaryl/α,β-unsaturated/α-hetero) is 1. The molecular weight excluding hydrogens is 516 g/mol. The molecule has 0 saturated carbocycles. The summed E-state index contributed by atoms with van der Waals surface area (Å²) in [6, 6.07) is 23.1. The maximum absolute atomic E-state index is 13.3. The normalized spacial score (nSPS) is 19.4. The smallest absolute Gasteiger partial charge is 0.295 e. The van der Waals surface area contributed by atoms with Crippen molar-refractivity contribution in [2.45, 2.75) is 19.1 Å². The summed E-state index contributed by atoms with van der Waals surface area (Å²) >= 11 is 6.03. The van der Waals surface area contributed by atoms with Gasteiger partial charge in [-0.2, -0.15) is 0 Å². The van der Waals surface area contributed by atoms with Crippen LogP contribution >= 0.6 is 11.6 Å². The topological polar surface area (TPSA) is 79.3 Å². The first kappa shape index (κ1) is 26.9. The van der Waals surface area contributed by atoms with Gasteiger partial charge in [-0.1, -0.05) is 54.1 Å². The minimum absolute atomic E-state index is 0.0756. The number of likely N-dealkylation sites (tertiary alicyclic amines) is 1. The highest BCUT2D eigenvalue weighted by atomic mass is 35.5. The fourth-order valence-electron chi connectivity index (χ4n) is 5.00. The molecular formula is C31H31ClN2O5. The van der Waals surface area contributed by atoms with Gasteiger partial charge in [0.2, 0.25) is 0 Å². The molecule has 2 fully saturated rings. The summed E-state index contributed by atoms with van der Waals surface area (Å²) in [6.45, 7) is 4.71. The number of morpholine rings is 1. The van der Waals surface area contributed by atoms with Crippen molar-refractivity contribution in [3.8, 4) is 5.75 Å². The number of benzene rings is 3. The van der Waals surface area contributed by atoms with Gasteiger partial charge < -0.3 is 19.5 Å². The summed E-state index contributed by atoms with van der Waals surface area (Å²) in [7, 11) is 0. The number of carbonyl (C=O) groups is 2. The van der Waals surface area contributed by atoms with E-state index in [0.717, 1.165) is 30.8 Å². The first-order chi connectivity index (χ1) is 19.0. The van der Waals surface area contributed by atoms with E-state index in [1.54, 1.807) is 29.2 Å². The van der Waals surface area contributed by atoms with Crippen molar-refractivity contribution in [1.82, 2.24) is 9.80 Å². The van der Waals surface area contributed by atoms with E-state index in [2.05, 4.69) is 4.90 Å². The number of aliphatic hydroxyl groups excluding tert-OH is 1. The van der Waals surface area contributed by atoms with E-state index in [-0.39, 0.29) is 11.3 Å². The van der Waals surface area contributed by atoms with E-state index in [9.17, 15) is 14.7 Å². The molecule has 3 aromatic rings. The van der Waals surface area contributed by atoms with Gasteiger partial charge >= 0.3 is 0 Å². The summed E-state index contributed by atoms with van der Waals surface area (Å²) in [4.78, 5) is 30.4. The Balaban J connectivity index is 1.41. The van der Waals surface area contributed by atoms with Crippen LogP contribution in [-0.4, -0.2) is 66.0 Å². The van der Waals surface area contributed by atoms with Gasteiger partial charge in [0, 0.05) is 36.8 Å². The van der Waals surface area contributed by atoms with Gasteiger partial charge in [-0.15, -0.1) is 0 Å². The molecule has 7 nitrogen and oxygen atoms in total. The maximum atomic E-state index is 13.3. The largest absolute Gasteiger partial charge is 0.507 e. The molecule has 2 aliphatic heterocycles. The number of ether oxygens (including phenoxy) is 2. The Morgan fingerprint density at radius 2 is 1.62 bits per heavy atom. The molecule has 1 atom stereocenters. The van der Waals surface area contributed by atoms with Crippen LogP contribution in [-0.2, 0) is 20.9 Å². The van der Waals surface area contributed by atoms with Gasteiger partial charge in [-0.05, 0) is 53.9 Å². The van der Waals surface area contributed by atoms with E-state index in [1.165, 1.54) is 0 Å². The molecule has 0 radical (unpaired) electrons. The molecule has 8 heteroatoms. The molecule has 0 bridgehead atoms. The molecule has 2 heterocycles. The molecule has 1 unspecified atom stereocenters. The fourth-order valence-corrected chi connectivity index (χ4v) is 5.12. The van der Waals surface area contributed by atoms with E-state index >= 15 is 0 Å². The lowest BCUT2D eigenvalue weighted by Gasteiger charge is -2.29. The molecule has 0 aliphatic carbocycles. The third-order valence-electron chi connectivity index (χ3n) is 7.08. The molecule has 39 heavy (non-hydrogen) atoms. The van der Waals surface area contributed by atoms with Gasteiger partial charge in [-0.3, -0.25) is 14.5 Å². The number of ketones is 1. The van der Waals surface area contributed by atoms with Gasteiger partial charge in [0.15, 0.2) is 0 Å². The Bertz CT molecular complexity index is 1320. The molecule has 0 spiro atoms. The van der Waals surface area contributed by atoms with Crippen molar-refractivity contribution in [2.24, 2.45) is 0 Å². The molecule has 1 N–H and O–H groups in total. The summed E-state index contributed by atoms with van der Waals surface area (Å²) in [5, 5.41) is 11.7. The zero-order chi connectivity index (χ0) is 27.2. The highest BCUT2D eigenvalue weighted by Gasteiger charge is 2.45. The Hall–Kier alpha value is -3.65. The molecule has 0 aromatic heterocycles. The number of hydrogen-bond acceptors (Lipinski definition) is 6. The van der Waals surface area contributed by atoms with Crippen LogP contribution in [0.3, 0.4) is 0 Å². The van der Waals surface area contributed by atoms with Crippen LogP contribution in [0.2, 0.25) is 5.02 Å². The van der Waals surface area contributed by atoms with Crippen LogP contribution in [0.4, 0.5) is 0 Å². The quantitative estimate of drug-likeness (QED) is 0.229. The van der Waals surface area contributed by atoms with Gasteiger partial charge in [-0.25, -0.2) is 0 Å². The van der Waals surface area contributed by atoms with Crippen LogP contribution in [0.1, 0.15) is 29.2 Å². The average Bonchev–Trinajstić information content (AvgIpc) is 3.22. The lowest BCUT2D eigenvalue weighted by molar-refractivity contribution is -0.140. The zero-order valence-electron chi connectivity index (χ0n) is 21.6. The monoisotopic (exact) mass is 546 g/mol. The maximum Gasteiger partial charge on any atom is 0.295 e. The zero-order valence-corrected chi connectivity index (χ0v) is 22.3. The highest BCUT2D eigenvalue weighted by molar-refractivity contribution is 6.46. The van der Waals surface area contributed by atoms with Gasteiger partial charge in [0.1, 0.15) is 18.1 Å². The lowest BCUT2D eigenvalue weighted by Crippen LogP contribution is -2.38. The van der Waals surface area contributed by atoms with Crippen LogP contribution in [0, 0.1) is 0 Å². The van der Waals surface area contributed by atoms with Crippen LogP contribution in [0.5, 0.6) is 5.75 Å². The highest BCUT2D eigenvalue weighted by Crippen LogP contribution is 2.40. The van der Waals surface area contributed by atoms with Gasteiger partial charge in [0.25, 0.3) is 11.7 Å². The van der Waals surface area contributed by atoms with E-state index in [1.807, 2.05) is 54.6 Å². The van der Waals surface area contributed by atoms with Crippen LogP contribution in [0.15, 0.2) is 84.4 Å². The van der Waals surface area contributed by atoms with Crippen molar-refractivity contribution in [3.63, 3.8) is 0 Å². The van der Waals surface area contributed by atoms with E-state index in [4.69, 9.17) is 21.1 Å². The number of halogens is 1. The SMILES string of the molecule is O=C1C(=O)N(CCCN2CCOCC2)C(c2ccc(OCc3ccccc3)cc2)/C1=C(\O)c1ccc(Cl)cc1. The molecule has 1 amide bonds. The first-order valence-electron chi connectivity index (χ1n) is 13.1. The second-order valence-electron chi connectivity index (χ2n) is 9.65. The number of amides is 1. The Kier molecular flexibility index (Phi) is 8.61. The molecule has 2 aliphatic rings. The summed E-state index contributed by atoms with van der Waals surface area (Å²) in [5.74, 6) is -0.843. The minimum atomic E-state index is -0.714. The second-order valence-corrected chi connectivity index (χ2v) is 10.1. The standard InChI is InChI=1S/C31H31ClN2O5/c32-25-11-7-24(8-12-25)29(35)27-28(23-9-13-26(14-10-23)39-21-22-5-2-1-3-6-22)34(31(37)30(27)36)16-4-15-33-17-19-38-20-18-33/h1-3,5-14,28,35H,4,15-21H2/b29-27+. The number of aliphatic hydroxyl groups is 1. The molecule has 2 saturated heterocycles. The van der Waals surface area contributed by atoms with Crippen LogP contribution < -0.4 is 4.74 Å². The summed E-state index contributed by atoms with van der Waals surface area (Å²) in [6.07, 6.45) is 0.697. The third kappa shape index (κ3) is 6.33. The third-order valence-corrected chi connectivity index (χ3v) is 7.33. The Labute approximate surface area is 233 Å². The molecule has 5 rings (SSSR count). The van der Waals surface area contributed by atoms with Crippen molar-refractivity contribution >= 4 is 29.1 Å². The predicted octanol–water partition coefficient (Wildman–Crippen LogP) is 5.06. The van der Waals surface area contributed by atoms with E-state index < -0.39 is 17.7 Å². The number of nitrogens with zero attached hydrogens (tertiary/aromatic N) is 2. The lowest BCUT2D eigenvalue weighted by atomic mass is 9.95. The first-order valence-corrected chi connectivity index (χ1v) is 13.5. The van der Waals surface area contributed by atoms with Gasteiger partial charge in [0.05, 0.1) is 24.8 Å². The second kappa shape index (κ2) is 12.5. The fraction of sp³-hybridized carbons (Fsp3) is 0.290. The van der Waals surface area contributed by atoms with Crippen molar-refractivity contribution < 1.29 is 24.2 Å². The average molecular weight is 547 g/mol. The van der Waals surface area contributed by atoms with Crippen molar-refractivity contribution in [1.29, 1.82) is 0 Å². The molecule has 3 aromatic carbocycles. The number of carbonyl (C=O) groups excluding carboxylic acids is 2. The van der Waals surface area contributed by atoms with E-state index in [0.29, 0.717) is 49.1 Å². The number of hydrogen-bond donors (Lipinski definition) is 1. The minimum Gasteiger partial charge on any atom is -0.507 e. The Morgan fingerprint density at radius 1 is 0.923 bits per heavy atom. The number of rotatable bonds is 9. The van der Waals surface area contributed by atoms with Crippen LogP contribution in [0.25, 0.3) is 5.76 Å². The summed E-state index contributed by atoms with van der Waals surface area (Å²) in [5.41, 5.74) is 2.28. The van der Waals surface area contributed by atoms with Crippen molar-refractivity contribution in [2.75, 3.05) is 39.4 Å². The van der Waals surface area contributed by atoms with Crippen molar-refractivity contribution in [3.05, 3.63) is 106 Å². The molecule has 202 valence electrons.